The normalized spacial score (nSPS) is 10.1. The number of carboxylic acid groups (broad SMARTS) is 1. The van der Waals surface area contributed by atoms with Crippen molar-refractivity contribution in [1.82, 2.24) is 0 Å². The fraction of sp³-hybridized carbons (Fsp3) is 0.429. The summed E-state index contributed by atoms with van der Waals surface area (Å²) in [6.45, 7) is 7.16. The summed E-state index contributed by atoms with van der Waals surface area (Å²) < 4.78 is 0. The highest BCUT2D eigenvalue weighted by Crippen LogP contribution is 2.24. The SMILES string of the molecule is CCC(=O)Nc1ccc(N(CC)CC)c(C(=O)O)c1. The molecule has 0 atom stereocenters. The molecule has 0 heterocycles. The van der Waals surface area contributed by atoms with Gasteiger partial charge in [-0.1, -0.05) is 6.92 Å². The van der Waals surface area contributed by atoms with Crippen LogP contribution in [0.5, 0.6) is 0 Å². The lowest BCUT2D eigenvalue weighted by molar-refractivity contribution is -0.115. The number of amides is 1. The Morgan fingerprint density at radius 2 is 1.84 bits per heavy atom. The van der Waals surface area contributed by atoms with E-state index in [4.69, 9.17) is 0 Å². The first kappa shape index (κ1) is 15.0. The zero-order valence-corrected chi connectivity index (χ0v) is 11.6. The number of carbonyl (C=O) groups is 2. The molecule has 0 aliphatic rings. The van der Waals surface area contributed by atoms with Crippen molar-refractivity contribution < 1.29 is 14.7 Å². The third kappa shape index (κ3) is 3.71. The van der Waals surface area contributed by atoms with Crippen molar-refractivity contribution in [2.45, 2.75) is 27.2 Å². The van der Waals surface area contributed by atoms with Crippen molar-refractivity contribution in [1.29, 1.82) is 0 Å². The van der Waals surface area contributed by atoms with Crippen LogP contribution in [-0.2, 0) is 4.79 Å². The van der Waals surface area contributed by atoms with Crippen molar-refractivity contribution in [2.24, 2.45) is 0 Å². The minimum absolute atomic E-state index is 0.132. The van der Waals surface area contributed by atoms with E-state index < -0.39 is 5.97 Å². The fourth-order valence-electron chi connectivity index (χ4n) is 1.87. The number of nitrogens with zero attached hydrogens (tertiary/aromatic N) is 1. The van der Waals surface area contributed by atoms with Gasteiger partial charge in [-0.3, -0.25) is 4.79 Å². The number of benzene rings is 1. The van der Waals surface area contributed by atoms with Gasteiger partial charge in [-0.2, -0.15) is 0 Å². The monoisotopic (exact) mass is 264 g/mol. The van der Waals surface area contributed by atoms with Crippen LogP contribution in [0.4, 0.5) is 11.4 Å². The third-order valence-electron chi connectivity index (χ3n) is 2.94. The third-order valence-corrected chi connectivity index (χ3v) is 2.94. The number of carboxylic acids is 1. The maximum atomic E-state index is 11.3. The average Bonchev–Trinajstić information content (AvgIpc) is 2.41. The molecular weight excluding hydrogens is 244 g/mol. The van der Waals surface area contributed by atoms with Gasteiger partial charge in [-0.15, -0.1) is 0 Å². The zero-order chi connectivity index (χ0) is 14.4. The molecule has 1 rings (SSSR count). The van der Waals surface area contributed by atoms with Crippen LogP contribution in [0.3, 0.4) is 0 Å². The van der Waals surface area contributed by atoms with Crippen LogP contribution in [0.15, 0.2) is 18.2 Å². The molecule has 0 fully saturated rings. The molecule has 0 saturated heterocycles. The summed E-state index contributed by atoms with van der Waals surface area (Å²) in [7, 11) is 0. The molecule has 0 saturated carbocycles. The Bertz CT molecular complexity index is 468. The van der Waals surface area contributed by atoms with E-state index in [1.165, 1.54) is 6.07 Å². The van der Waals surface area contributed by atoms with Crippen LogP contribution in [0.25, 0.3) is 0 Å². The maximum Gasteiger partial charge on any atom is 0.337 e. The molecule has 1 aromatic carbocycles. The summed E-state index contributed by atoms with van der Waals surface area (Å²) >= 11 is 0. The summed E-state index contributed by atoms with van der Waals surface area (Å²) in [5, 5.41) is 12.0. The molecule has 5 heteroatoms. The Hall–Kier alpha value is -2.04. The molecule has 2 N–H and O–H groups in total. The first-order valence-electron chi connectivity index (χ1n) is 6.45. The van der Waals surface area contributed by atoms with Crippen molar-refractivity contribution >= 4 is 23.3 Å². The number of nitrogens with one attached hydrogen (secondary N) is 1. The van der Waals surface area contributed by atoms with E-state index >= 15 is 0 Å². The van der Waals surface area contributed by atoms with Gasteiger partial charge in [0.25, 0.3) is 0 Å². The minimum atomic E-state index is -0.991. The number of aromatic carboxylic acids is 1. The predicted molar refractivity (Wildman–Crippen MR) is 75.9 cm³/mol. The van der Waals surface area contributed by atoms with Crippen LogP contribution >= 0.6 is 0 Å². The molecular formula is C14H20N2O3. The first-order chi connectivity index (χ1) is 9.03. The van der Waals surface area contributed by atoms with Gasteiger partial charge in [0.2, 0.25) is 5.91 Å². The number of carbonyl (C=O) groups excluding carboxylic acids is 1. The molecule has 0 aliphatic heterocycles. The molecule has 0 aliphatic carbocycles. The molecule has 0 spiro atoms. The average molecular weight is 264 g/mol. The van der Waals surface area contributed by atoms with E-state index in [-0.39, 0.29) is 11.5 Å². The highest BCUT2D eigenvalue weighted by molar-refractivity contribution is 5.98. The molecule has 0 aromatic heterocycles. The van der Waals surface area contributed by atoms with Gasteiger partial charge in [0.15, 0.2) is 0 Å². The molecule has 1 aromatic rings. The Kier molecular flexibility index (Phi) is 5.36. The van der Waals surface area contributed by atoms with Crippen LogP contribution in [0.2, 0.25) is 0 Å². The van der Waals surface area contributed by atoms with Crippen LogP contribution < -0.4 is 10.2 Å². The maximum absolute atomic E-state index is 11.3. The summed E-state index contributed by atoms with van der Waals surface area (Å²) in [6, 6.07) is 4.97. The van der Waals surface area contributed by atoms with E-state index in [9.17, 15) is 14.7 Å². The lowest BCUT2D eigenvalue weighted by Gasteiger charge is -2.23. The van der Waals surface area contributed by atoms with Gasteiger partial charge < -0.3 is 15.3 Å². The summed E-state index contributed by atoms with van der Waals surface area (Å²) in [4.78, 5) is 24.6. The van der Waals surface area contributed by atoms with E-state index in [2.05, 4.69) is 5.32 Å². The molecule has 0 unspecified atom stereocenters. The van der Waals surface area contributed by atoms with Crippen LogP contribution in [0.1, 0.15) is 37.6 Å². The van der Waals surface area contributed by atoms with E-state index in [1.807, 2.05) is 18.7 Å². The number of anilines is 2. The largest absolute Gasteiger partial charge is 0.478 e. The van der Waals surface area contributed by atoms with Gasteiger partial charge in [0.05, 0.1) is 11.3 Å². The molecule has 1 amide bonds. The van der Waals surface area contributed by atoms with Gasteiger partial charge in [-0.25, -0.2) is 4.79 Å². The van der Waals surface area contributed by atoms with Gasteiger partial charge in [-0.05, 0) is 32.0 Å². The Balaban J connectivity index is 3.14. The molecule has 5 nitrogen and oxygen atoms in total. The Morgan fingerprint density at radius 1 is 1.21 bits per heavy atom. The Morgan fingerprint density at radius 3 is 2.32 bits per heavy atom. The fourth-order valence-corrected chi connectivity index (χ4v) is 1.87. The number of hydrogen-bond acceptors (Lipinski definition) is 3. The molecule has 19 heavy (non-hydrogen) atoms. The van der Waals surface area contributed by atoms with Crippen LogP contribution in [0, 0.1) is 0 Å². The minimum Gasteiger partial charge on any atom is -0.478 e. The van der Waals surface area contributed by atoms with Gasteiger partial charge in [0.1, 0.15) is 0 Å². The summed E-state index contributed by atoms with van der Waals surface area (Å²) in [5.41, 5.74) is 1.39. The van der Waals surface area contributed by atoms with E-state index in [0.29, 0.717) is 17.8 Å². The van der Waals surface area contributed by atoms with Crippen molar-refractivity contribution in [3.05, 3.63) is 23.8 Å². The topological polar surface area (TPSA) is 69.6 Å². The molecule has 104 valence electrons. The standard InChI is InChI=1S/C14H20N2O3/c1-4-13(17)15-10-7-8-12(16(5-2)6-3)11(9-10)14(18)19/h7-9H,4-6H2,1-3H3,(H,15,17)(H,18,19). The molecule has 0 bridgehead atoms. The Labute approximate surface area is 113 Å². The lowest BCUT2D eigenvalue weighted by Crippen LogP contribution is -2.24. The highest BCUT2D eigenvalue weighted by Gasteiger charge is 2.15. The van der Waals surface area contributed by atoms with Gasteiger partial charge in [0, 0.05) is 25.2 Å². The lowest BCUT2D eigenvalue weighted by atomic mass is 10.1. The zero-order valence-electron chi connectivity index (χ0n) is 11.6. The molecule has 0 radical (unpaired) electrons. The van der Waals surface area contributed by atoms with Crippen molar-refractivity contribution in [3.8, 4) is 0 Å². The summed E-state index contributed by atoms with van der Waals surface area (Å²) in [6.07, 6.45) is 0.361. The van der Waals surface area contributed by atoms with E-state index in [0.717, 1.165) is 13.1 Å². The predicted octanol–water partition coefficient (Wildman–Crippen LogP) is 2.58. The first-order valence-corrected chi connectivity index (χ1v) is 6.45. The highest BCUT2D eigenvalue weighted by atomic mass is 16.4. The summed E-state index contributed by atoms with van der Waals surface area (Å²) in [5.74, 6) is -1.12. The second kappa shape index (κ2) is 6.78. The van der Waals surface area contributed by atoms with Crippen molar-refractivity contribution in [2.75, 3.05) is 23.3 Å². The second-order valence-electron chi connectivity index (χ2n) is 4.11. The second-order valence-corrected chi connectivity index (χ2v) is 4.11. The number of rotatable bonds is 6. The number of hydrogen-bond donors (Lipinski definition) is 2. The quantitative estimate of drug-likeness (QED) is 0.828. The smallest absolute Gasteiger partial charge is 0.337 e. The van der Waals surface area contributed by atoms with E-state index in [1.54, 1.807) is 19.1 Å². The van der Waals surface area contributed by atoms with Crippen molar-refractivity contribution in [3.63, 3.8) is 0 Å². The van der Waals surface area contributed by atoms with Gasteiger partial charge >= 0.3 is 5.97 Å². The van der Waals surface area contributed by atoms with Crippen LogP contribution in [-0.4, -0.2) is 30.1 Å².